The molecule has 17 heavy (non-hydrogen) atoms. The molecular formula is C11H16ClNO2S2. The molecule has 0 radical (unpaired) electrons. The van der Waals surface area contributed by atoms with Crippen molar-refractivity contribution in [3.8, 4) is 0 Å². The zero-order chi connectivity index (χ0) is 12.9. The molecule has 0 amide bonds. The minimum atomic E-state index is -2.90. The van der Waals surface area contributed by atoms with Crippen LogP contribution in [0.5, 0.6) is 0 Å². The van der Waals surface area contributed by atoms with Gasteiger partial charge in [-0.2, -0.15) is 0 Å². The maximum absolute atomic E-state index is 11.5. The van der Waals surface area contributed by atoms with E-state index in [-0.39, 0.29) is 11.5 Å². The second kappa shape index (κ2) is 6.52. The highest BCUT2D eigenvalue weighted by Crippen LogP contribution is 2.26. The largest absolute Gasteiger partial charge is 0.398 e. The van der Waals surface area contributed by atoms with Gasteiger partial charge in [0, 0.05) is 16.4 Å². The summed E-state index contributed by atoms with van der Waals surface area (Å²) in [4.78, 5) is 0.941. The summed E-state index contributed by atoms with van der Waals surface area (Å²) in [6.45, 7) is 1.87. The molecule has 0 aliphatic heterocycles. The van der Waals surface area contributed by atoms with E-state index in [0.29, 0.717) is 22.9 Å². The van der Waals surface area contributed by atoms with Crippen LogP contribution in [0.4, 0.5) is 5.69 Å². The van der Waals surface area contributed by atoms with Gasteiger partial charge in [-0.25, -0.2) is 8.42 Å². The highest BCUT2D eigenvalue weighted by Gasteiger charge is 2.09. The molecule has 6 heteroatoms. The highest BCUT2D eigenvalue weighted by atomic mass is 35.5. The molecule has 2 N–H and O–H groups in total. The van der Waals surface area contributed by atoms with Crippen LogP contribution in [0.2, 0.25) is 5.02 Å². The lowest BCUT2D eigenvalue weighted by molar-refractivity contribution is 0.596. The first-order chi connectivity index (χ1) is 7.94. The van der Waals surface area contributed by atoms with Crippen molar-refractivity contribution in [1.29, 1.82) is 0 Å². The fourth-order valence-corrected chi connectivity index (χ4v) is 4.32. The lowest BCUT2D eigenvalue weighted by atomic mass is 10.3. The van der Waals surface area contributed by atoms with Gasteiger partial charge in [-0.05, 0) is 24.6 Å². The molecule has 96 valence electrons. The van der Waals surface area contributed by atoms with E-state index < -0.39 is 9.84 Å². The Morgan fingerprint density at radius 3 is 2.65 bits per heavy atom. The second-order valence-corrected chi connectivity index (χ2v) is 7.56. The summed E-state index contributed by atoms with van der Waals surface area (Å²) in [5, 5.41) is 0.506. The minimum absolute atomic E-state index is 0.202. The van der Waals surface area contributed by atoms with Gasteiger partial charge in [-0.1, -0.05) is 18.5 Å². The summed E-state index contributed by atoms with van der Waals surface area (Å²) in [7, 11) is -2.90. The molecule has 1 rings (SSSR count). The van der Waals surface area contributed by atoms with E-state index in [1.807, 2.05) is 13.0 Å². The van der Waals surface area contributed by atoms with Crippen LogP contribution < -0.4 is 5.73 Å². The van der Waals surface area contributed by atoms with Gasteiger partial charge >= 0.3 is 0 Å². The molecule has 0 saturated heterocycles. The van der Waals surface area contributed by atoms with Crippen molar-refractivity contribution in [3.63, 3.8) is 0 Å². The predicted octanol–water partition coefficient (Wildman–Crippen LogP) is 2.84. The van der Waals surface area contributed by atoms with Crippen molar-refractivity contribution in [2.75, 3.05) is 23.0 Å². The normalized spacial score (nSPS) is 11.6. The van der Waals surface area contributed by atoms with E-state index >= 15 is 0 Å². The van der Waals surface area contributed by atoms with Crippen LogP contribution in [0.3, 0.4) is 0 Å². The van der Waals surface area contributed by atoms with E-state index in [1.165, 1.54) is 11.8 Å². The molecule has 0 atom stereocenters. The standard InChI is InChI=1S/C11H16ClNO2S2/c1-2-6-17(14,15)7-5-16-9-3-4-11(13)10(12)8-9/h3-4,8H,2,5-7,13H2,1H3. The zero-order valence-electron chi connectivity index (χ0n) is 9.65. The molecule has 0 aliphatic carbocycles. The van der Waals surface area contributed by atoms with Gasteiger partial charge in [-0.15, -0.1) is 11.8 Å². The number of hydrogen-bond donors (Lipinski definition) is 1. The number of sulfone groups is 1. The lowest BCUT2D eigenvalue weighted by Gasteiger charge is -2.04. The smallest absolute Gasteiger partial charge is 0.151 e. The summed E-state index contributed by atoms with van der Waals surface area (Å²) < 4.78 is 23.0. The van der Waals surface area contributed by atoms with E-state index in [4.69, 9.17) is 17.3 Å². The van der Waals surface area contributed by atoms with Crippen LogP contribution in [0.1, 0.15) is 13.3 Å². The molecule has 0 heterocycles. The van der Waals surface area contributed by atoms with Gasteiger partial charge in [-0.3, -0.25) is 0 Å². The summed E-state index contributed by atoms with van der Waals surface area (Å²) in [6, 6.07) is 5.33. The molecule has 0 fully saturated rings. The Kier molecular flexibility index (Phi) is 5.62. The van der Waals surface area contributed by atoms with Crippen LogP contribution in [0, 0.1) is 0 Å². The number of anilines is 1. The molecule has 0 saturated carbocycles. The van der Waals surface area contributed by atoms with Crippen LogP contribution in [-0.2, 0) is 9.84 Å². The first-order valence-electron chi connectivity index (χ1n) is 5.33. The van der Waals surface area contributed by atoms with E-state index in [9.17, 15) is 8.42 Å². The molecule has 1 aromatic carbocycles. The summed E-state index contributed by atoms with van der Waals surface area (Å²) in [5.74, 6) is 1.01. The van der Waals surface area contributed by atoms with Crippen LogP contribution in [0.15, 0.2) is 23.1 Å². The third kappa shape index (κ3) is 5.19. The average Bonchev–Trinajstić information content (AvgIpc) is 2.23. The topological polar surface area (TPSA) is 60.2 Å². The quantitative estimate of drug-likeness (QED) is 0.647. The summed E-state index contributed by atoms with van der Waals surface area (Å²) in [6.07, 6.45) is 0.667. The Hall–Kier alpha value is -0.390. The minimum Gasteiger partial charge on any atom is -0.398 e. The van der Waals surface area contributed by atoms with Crippen LogP contribution >= 0.6 is 23.4 Å². The van der Waals surface area contributed by atoms with Crippen molar-refractivity contribution in [3.05, 3.63) is 23.2 Å². The maximum Gasteiger partial charge on any atom is 0.151 e. The molecule has 3 nitrogen and oxygen atoms in total. The van der Waals surface area contributed by atoms with Crippen molar-refractivity contribution in [2.45, 2.75) is 18.2 Å². The number of nitrogen functional groups attached to an aromatic ring is 1. The van der Waals surface area contributed by atoms with Gasteiger partial charge in [0.25, 0.3) is 0 Å². The summed E-state index contributed by atoms with van der Waals surface area (Å²) >= 11 is 7.35. The first-order valence-corrected chi connectivity index (χ1v) is 8.51. The third-order valence-electron chi connectivity index (χ3n) is 2.15. The Bertz CT molecular complexity index is 474. The molecule has 1 aromatic rings. The zero-order valence-corrected chi connectivity index (χ0v) is 12.0. The Balaban J connectivity index is 2.49. The molecular weight excluding hydrogens is 278 g/mol. The monoisotopic (exact) mass is 293 g/mol. The fraction of sp³-hybridized carbons (Fsp3) is 0.455. The molecule has 0 aliphatic rings. The van der Waals surface area contributed by atoms with Gasteiger partial charge in [0.05, 0.1) is 16.5 Å². The Labute approximate surface area is 112 Å². The van der Waals surface area contributed by atoms with Crippen LogP contribution in [-0.4, -0.2) is 25.7 Å². The third-order valence-corrected chi connectivity index (χ3v) is 5.59. The van der Waals surface area contributed by atoms with Gasteiger partial charge < -0.3 is 5.73 Å². The Morgan fingerprint density at radius 1 is 1.35 bits per heavy atom. The second-order valence-electron chi connectivity index (χ2n) is 3.68. The predicted molar refractivity (Wildman–Crippen MR) is 75.5 cm³/mol. The fourth-order valence-electron chi connectivity index (χ4n) is 1.30. The van der Waals surface area contributed by atoms with Crippen molar-refractivity contribution in [2.24, 2.45) is 0 Å². The average molecular weight is 294 g/mol. The number of rotatable bonds is 6. The van der Waals surface area contributed by atoms with Gasteiger partial charge in [0.15, 0.2) is 9.84 Å². The Morgan fingerprint density at radius 2 is 2.06 bits per heavy atom. The van der Waals surface area contributed by atoms with Crippen LogP contribution in [0.25, 0.3) is 0 Å². The number of hydrogen-bond acceptors (Lipinski definition) is 4. The lowest BCUT2D eigenvalue weighted by Crippen LogP contribution is -2.12. The van der Waals surface area contributed by atoms with Gasteiger partial charge in [0.2, 0.25) is 0 Å². The van der Waals surface area contributed by atoms with E-state index in [1.54, 1.807) is 12.1 Å². The molecule has 0 aromatic heterocycles. The number of nitrogens with two attached hydrogens (primary N) is 1. The highest BCUT2D eigenvalue weighted by molar-refractivity contribution is 8.00. The van der Waals surface area contributed by atoms with E-state index in [0.717, 1.165) is 4.90 Å². The molecule has 0 unspecified atom stereocenters. The first kappa shape index (κ1) is 14.7. The number of halogens is 1. The van der Waals surface area contributed by atoms with Gasteiger partial charge in [0.1, 0.15) is 0 Å². The molecule has 0 spiro atoms. The summed E-state index contributed by atoms with van der Waals surface area (Å²) in [5.41, 5.74) is 6.13. The maximum atomic E-state index is 11.5. The molecule has 0 bridgehead atoms. The van der Waals surface area contributed by atoms with E-state index in [2.05, 4.69) is 0 Å². The number of benzene rings is 1. The number of thioether (sulfide) groups is 1. The van der Waals surface area contributed by atoms with Crippen molar-refractivity contribution < 1.29 is 8.42 Å². The van der Waals surface area contributed by atoms with Crippen molar-refractivity contribution >= 4 is 38.9 Å². The van der Waals surface area contributed by atoms with Crippen molar-refractivity contribution in [1.82, 2.24) is 0 Å². The SMILES string of the molecule is CCCS(=O)(=O)CCSc1ccc(N)c(Cl)c1.